The van der Waals surface area contributed by atoms with Gasteiger partial charge in [0.15, 0.2) is 11.5 Å². The van der Waals surface area contributed by atoms with Crippen molar-refractivity contribution >= 4 is 26.0 Å². The molecule has 1 N–H and O–H groups in total. The first-order chi connectivity index (χ1) is 20.1. The van der Waals surface area contributed by atoms with E-state index in [0.29, 0.717) is 30.8 Å². The highest BCUT2D eigenvalue weighted by molar-refractivity contribution is 7.89. The Morgan fingerprint density at radius 2 is 1.45 bits per heavy atom. The number of nitrogens with one attached hydrogen (secondary N) is 1. The molecule has 0 atom stereocenters. The fourth-order valence-electron chi connectivity index (χ4n) is 4.76. The smallest absolute Gasteiger partial charge is 0.243 e. The van der Waals surface area contributed by atoms with Crippen LogP contribution in [0.5, 0.6) is 11.5 Å². The monoisotopic (exact) mass is 615 g/mol. The van der Waals surface area contributed by atoms with E-state index in [9.17, 15) is 21.6 Å². The molecule has 1 aliphatic heterocycles. The molecule has 4 rings (SSSR count). The molecule has 1 fully saturated rings. The summed E-state index contributed by atoms with van der Waals surface area (Å²) in [5.41, 5.74) is 1.63. The van der Waals surface area contributed by atoms with E-state index in [-0.39, 0.29) is 28.6 Å². The van der Waals surface area contributed by atoms with Crippen molar-refractivity contribution < 1.29 is 31.1 Å². The molecule has 0 aliphatic carbocycles. The van der Waals surface area contributed by atoms with Crippen LogP contribution in [-0.2, 0) is 37.8 Å². The molecule has 0 radical (unpaired) electrons. The minimum absolute atomic E-state index is 0.0217. The number of amides is 1. The molecule has 1 saturated heterocycles. The summed E-state index contributed by atoms with van der Waals surface area (Å²) in [7, 11) is -4.74. The fourth-order valence-corrected chi connectivity index (χ4v) is 7.69. The molecule has 226 valence electrons. The number of benzene rings is 3. The lowest BCUT2D eigenvalue weighted by atomic mass is 10.1. The molecule has 12 heteroatoms. The van der Waals surface area contributed by atoms with Crippen LogP contribution in [0, 0.1) is 0 Å². The molecule has 0 saturated carbocycles. The third kappa shape index (κ3) is 7.68. The van der Waals surface area contributed by atoms with Crippen LogP contribution in [0.1, 0.15) is 30.4 Å². The van der Waals surface area contributed by atoms with E-state index in [0.717, 1.165) is 29.1 Å². The van der Waals surface area contributed by atoms with E-state index >= 15 is 0 Å². The number of rotatable bonds is 13. The van der Waals surface area contributed by atoms with Crippen molar-refractivity contribution in [3.8, 4) is 11.5 Å². The average Bonchev–Trinajstić information content (AvgIpc) is 3.02. The fraction of sp³-hybridized carbons (Fsp3) is 0.367. The standard InChI is InChI=1S/C30H37N3O7S2/c1-39-28-16-15-27(21-29(28)40-2)42(37,38)33(20-17-24-9-5-3-6-10-24)23-30(34)31-22-25-11-13-26(14-12-25)41(35,36)32-18-7-4-8-19-32/h3,5-6,9-16,21H,4,7-8,17-20,22-23H2,1-2H3,(H,31,34). The van der Waals surface area contributed by atoms with Crippen molar-refractivity contribution in [3.05, 3.63) is 83.9 Å². The Kier molecular flexibility index (Phi) is 10.6. The second kappa shape index (κ2) is 14.1. The van der Waals surface area contributed by atoms with Crippen LogP contribution < -0.4 is 14.8 Å². The van der Waals surface area contributed by atoms with Crippen LogP contribution in [0.15, 0.2) is 82.6 Å². The number of ether oxygens (including phenoxy) is 2. The van der Waals surface area contributed by atoms with Gasteiger partial charge in [-0.05, 0) is 54.7 Å². The van der Waals surface area contributed by atoms with Gasteiger partial charge in [0.25, 0.3) is 0 Å². The molecule has 10 nitrogen and oxygen atoms in total. The number of piperidine rings is 1. The number of methoxy groups -OCH3 is 2. The maximum Gasteiger partial charge on any atom is 0.243 e. The summed E-state index contributed by atoms with van der Waals surface area (Å²) in [4.78, 5) is 13.2. The maximum atomic E-state index is 13.7. The van der Waals surface area contributed by atoms with Crippen molar-refractivity contribution in [2.45, 2.75) is 42.0 Å². The molecule has 1 heterocycles. The summed E-state index contributed by atoms with van der Waals surface area (Å²) in [5.74, 6) is 0.161. The summed E-state index contributed by atoms with van der Waals surface area (Å²) in [6.45, 7) is 0.841. The molecule has 0 spiro atoms. The van der Waals surface area contributed by atoms with Crippen molar-refractivity contribution in [2.24, 2.45) is 0 Å². The minimum atomic E-state index is -4.07. The van der Waals surface area contributed by atoms with E-state index < -0.39 is 32.5 Å². The van der Waals surface area contributed by atoms with Crippen LogP contribution in [0.3, 0.4) is 0 Å². The Morgan fingerprint density at radius 3 is 2.10 bits per heavy atom. The first-order valence-electron chi connectivity index (χ1n) is 13.8. The van der Waals surface area contributed by atoms with Gasteiger partial charge in [0, 0.05) is 32.2 Å². The SMILES string of the molecule is COc1ccc(S(=O)(=O)N(CCc2ccccc2)CC(=O)NCc2ccc(S(=O)(=O)N3CCCCC3)cc2)cc1OC. The number of nitrogens with zero attached hydrogens (tertiary/aromatic N) is 2. The second-order valence-electron chi connectivity index (χ2n) is 9.98. The van der Waals surface area contributed by atoms with Gasteiger partial charge < -0.3 is 14.8 Å². The first kappa shape index (κ1) is 31.5. The Bertz CT molecular complexity index is 1560. The number of hydrogen-bond acceptors (Lipinski definition) is 7. The molecular formula is C30H37N3O7S2. The van der Waals surface area contributed by atoms with Crippen molar-refractivity contribution in [3.63, 3.8) is 0 Å². The predicted octanol–water partition coefficient (Wildman–Crippen LogP) is 3.43. The lowest BCUT2D eigenvalue weighted by Crippen LogP contribution is -2.41. The van der Waals surface area contributed by atoms with Gasteiger partial charge in [-0.2, -0.15) is 8.61 Å². The Hall–Kier alpha value is -3.45. The Morgan fingerprint density at radius 1 is 0.810 bits per heavy atom. The number of carbonyl (C=O) groups excluding carboxylic acids is 1. The first-order valence-corrected chi connectivity index (χ1v) is 16.6. The number of sulfonamides is 2. The van der Waals surface area contributed by atoms with Gasteiger partial charge in [0.1, 0.15) is 0 Å². The van der Waals surface area contributed by atoms with E-state index in [2.05, 4.69) is 5.32 Å². The zero-order chi connectivity index (χ0) is 30.2. The largest absolute Gasteiger partial charge is 0.493 e. The highest BCUT2D eigenvalue weighted by Gasteiger charge is 2.28. The predicted molar refractivity (Wildman–Crippen MR) is 159 cm³/mol. The van der Waals surface area contributed by atoms with Gasteiger partial charge >= 0.3 is 0 Å². The van der Waals surface area contributed by atoms with Gasteiger partial charge in [0.05, 0.1) is 30.6 Å². The van der Waals surface area contributed by atoms with Gasteiger partial charge in [0.2, 0.25) is 26.0 Å². The van der Waals surface area contributed by atoms with Gasteiger partial charge in [-0.15, -0.1) is 0 Å². The summed E-state index contributed by atoms with van der Waals surface area (Å²) < 4.78 is 66.4. The third-order valence-corrected chi connectivity index (χ3v) is 10.9. The van der Waals surface area contributed by atoms with Crippen LogP contribution in [0.4, 0.5) is 0 Å². The Labute approximate surface area is 248 Å². The molecule has 3 aromatic carbocycles. The summed E-state index contributed by atoms with van der Waals surface area (Å²) in [5, 5.41) is 2.76. The molecule has 3 aromatic rings. The van der Waals surface area contributed by atoms with E-state index in [1.807, 2.05) is 30.3 Å². The highest BCUT2D eigenvalue weighted by Crippen LogP contribution is 2.30. The molecule has 42 heavy (non-hydrogen) atoms. The van der Waals surface area contributed by atoms with E-state index in [4.69, 9.17) is 9.47 Å². The van der Waals surface area contributed by atoms with Crippen molar-refractivity contribution in [1.82, 2.24) is 13.9 Å². The van der Waals surface area contributed by atoms with E-state index in [1.54, 1.807) is 24.3 Å². The van der Waals surface area contributed by atoms with Crippen molar-refractivity contribution in [2.75, 3.05) is 40.4 Å². The zero-order valence-corrected chi connectivity index (χ0v) is 25.5. The number of carbonyl (C=O) groups is 1. The summed E-state index contributed by atoms with van der Waals surface area (Å²) in [6, 6.07) is 20.1. The zero-order valence-electron chi connectivity index (χ0n) is 23.9. The van der Waals surface area contributed by atoms with E-state index in [1.165, 1.54) is 36.7 Å². The van der Waals surface area contributed by atoms with Gasteiger partial charge in [-0.1, -0.05) is 48.9 Å². The molecule has 0 unspecified atom stereocenters. The van der Waals surface area contributed by atoms with Crippen LogP contribution in [0.25, 0.3) is 0 Å². The molecule has 1 amide bonds. The molecule has 0 bridgehead atoms. The average molecular weight is 616 g/mol. The quantitative estimate of drug-likeness (QED) is 0.313. The minimum Gasteiger partial charge on any atom is -0.493 e. The lowest BCUT2D eigenvalue weighted by molar-refractivity contribution is -0.121. The molecular weight excluding hydrogens is 578 g/mol. The van der Waals surface area contributed by atoms with Gasteiger partial charge in [-0.25, -0.2) is 16.8 Å². The maximum absolute atomic E-state index is 13.7. The second-order valence-corrected chi connectivity index (χ2v) is 13.9. The lowest BCUT2D eigenvalue weighted by Gasteiger charge is -2.25. The van der Waals surface area contributed by atoms with Crippen LogP contribution in [-0.4, -0.2) is 71.8 Å². The highest BCUT2D eigenvalue weighted by atomic mass is 32.2. The molecule has 0 aromatic heterocycles. The van der Waals surface area contributed by atoms with Crippen LogP contribution in [0.2, 0.25) is 0 Å². The topological polar surface area (TPSA) is 122 Å². The third-order valence-electron chi connectivity index (χ3n) is 7.17. The summed E-state index contributed by atoms with van der Waals surface area (Å²) in [6.07, 6.45) is 3.15. The Balaban J connectivity index is 1.46. The van der Waals surface area contributed by atoms with Gasteiger partial charge in [-0.3, -0.25) is 4.79 Å². The summed E-state index contributed by atoms with van der Waals surface area (Å²) >= 11 is 0. The van der Waals surface area contributed by atoms with Crippen LogP contribution >= 0.6 is 0 Å². The number of hydrogen-bond donors (Lipinski definition) is 1. The molecule has 1 aliphatic rings. The normalized spacial score (nSPS) is 14.5. The van der Waals surface area contributed by atoms with Crippen molar-refractivity contribution in [1.29, 1.82) is 0 Å².